The molecule has 2 aliphatic heterocycles. The van der Waals surface area contributed by atoms with E-state index in [2.05, 4.69) is 43.1 Å². The fourth-order valence-corrected chi connectivity index (χ4v) is 8.06. The normalized spacial score (nSPS) is 29.5. The summed E-state index contributed by atoms with van der Waals surface area (Å²) >= 11 is 0. The molecule has 1 aromatic heterocycles. The van der Waals surface area contributed by atoms with E-state index in [0.717, 1.165) is 75.4 Å². The smallest absolute Gasteiger partial charge is 0.255 e. The zero-order valence-electron chi connectivity index (χ0n) is 21.0. The molecule has 1 unspecified atom stereocenters. The third-order valence-corrected chi connectivity index (χ3v) is 9.32. The lowest BCUT2D eigenvalue weighted by molar-refractivity contribution is -0.927. The molecule has 2 aromatic rings. The molecule has 1 saturated carbocycles. The van der Waals surface area contributed by atoms with Gasteiger partial charge in [-0.25, -0.2) is 4.98 Å². The van der Waals surface area contributed by atoms with E-state index in [4.69, 9.17) is 9.72 Å². The van der Waals surface area contributed by atoms with Crippen molar-refractivity contribution in [1.29, 1.82) is 0 Å². The third kappa shape index (κ3) is 3.95. The molecule has 3 fully saturated rings. The first-order chi connectivity index (χ1) is 16.4. The van der Waals surface area contributed by atoms with Crippen molar-refractivity contribution in [3.05, 3.63) is 51.6 Å². The Morgan fingerprint density at radius 3 is 2.71 bits per heavy atom. The maximum absolute atomic E-state index is 13.7. The van der Waals surface area contributed by atoms with Crippen LogP contribution in [0.1, 0.15) is 88.6 Å². The maximum atomic E-state index is 13.7. The van der Waals surface area contributed by atoms with Gasteiger partial charge in [-0.15, -0.1) is 0 Å². The van der Waals surface area contributed by atoms with Crippen LogP contribution in [0.4, 0.5) is 0 Å². The van der Waals surface area contributed by atoms with Gasteiger partial charge in [-0.2, -0.15) is 0 Å². The highest BCUT2D eigenvalue weighted by molar-refractivity contribution is 5.71. The molecule has 3 heterocycles. The second kappa shape index (κ2) is 8.30. The number of fused-ring (bicyclic) bond motifs is 4. The fraction of sp³-hybridized carbons (Fsp3) is 0.655. The molecule has 5 nitrogen and oxygen atoms in total. The summed E-state index contributed by atoms with van der Waals surface area (Å²) in [4.78, 5) is 23.7. The highest BCUT2D eigenvalue weighted by atomic mass is 16.5. The Balaban J connectivity index is 1.33. The van der Waals surface area contributed by atoms with Crippen LogP contribution in [0.2, 0.25) is 0 Å². The minimum atomic E-state index is -0.0310. The number of H-pyrrole nitrogens is 1. The van der Waals surface area contributed by atoms with Crippen LogP contribution < -0.4 is 10.5 Å². The molecule has 182 valence electrons. The Hall–Kier alpha value is -1.98. The average Bonchev–Trinajstić information content (AvgIpc) is 2.78. The minimum Gasteiger partial charge on any atom is -0.376 e. The number of likely N-dealkylation sites (tertiary alicyclic amines) is 1. The van der Waals surface area contributed by atoms with Crippen LogP contribution in [0.15, 0.2) is 29.1 Å². The van der Waals surface area contributed by atoms with Crippen molar-refractivity contribution >= 4 is 0 Å². The summed E-state index contributed by atoms with van der Waals surface area (Å²) in [6.07, 6.45) is 11.7. The number of rotatable bonds is 2. The molecule has 2 saturated heterocycles. The number of piperidine rings is 1. The molecular weight excluding hydrogens is 422 g/mol. The molecule has 2 spiro atoms. The van der Waals surface area contributed by atoms with Gasteiger partial charge in [0.25, 0.3) is 5.56 Å². The van der Waals surface area contributed by atoms with Gasteiger partial charge in [0.15, 0.2) is 5.82 Å². The van der Waals surface area contributed by atoms with Crippen LogP contribution in [-0.4, -0.2) is 35.3 Å². The SMILES string of the molecule is CC1(C)C[C@]2(CCC[NH+](Cc3nc4c(c(=O)[nH]3)C3(CCCCC3)Cc3ccccc3-4)C2)CCO1. The Morgan fingerprint density at radius 1 is 1.06 bits per heavy atom. The van der Waals surface area contributed by atoms with E-state index >= 15 is 0 Å². The minimum absolute atomic E-state index is 0.0306. The molecule has 4 aliphatic rings. The maximum Gasteiger partial charge on any atom is 0.255 e. The molecule has 2 N–H and O–H groups in total. The van der Waals surface area contributed by atoms with Gasteiger partial charge in [0.2, 0.25) is 0 Å². The van der Waals surface area contributed by atoms with Gasteiger partial charge in [0.1, 0.15) is 6.54 Å². The first-order valence-corrected chi connectivity index (χ1v) is 13.6. The van der Waals surface area contributed by atoms with Crippen molar-refractivity contribution in [3.8, 4) is 11.3 Å². The molecule has 2 aliphatic carbocycles. The topological polar surface area (TPSA) is 59.4 Å². The largest absolute Gasteiger partial charge is 0.376 e. The van der Waals surface area contributed by atoms with Crippen LogP contribution in [0.25, 0.3) is 11.3 Å². The van der Waals surface area contributed by atoms with Crippen LogP contribution in [0.3, 0.4) is 0 Å². The Morgan fingerprint density at radius 2 is 1.88 bits per heavy atom. The van der Waals surface area contributed by atoms with Gasteiger partial charge in [-0.3, -0.25) is 4.79 Å². The van der Waals surface area contributed by atoms with Gasteiger partial charge >= 0.3 is 0 Å². The van der Waals surface area contributed by atoms with E-state index < -0.39 is 0 Å². The van der Waals surface area contributed by atoms with E-state index in [1.54, 1.807) is 4.90 Å². The quantitative estimate of drug-likeness (QED) is 0.711. The molecule has 1 aromatic carbocycles. The Kier molecular flexibility index (Phi) is 5.49. The summed E-state index contributed by atoms with van der Waals surface area (Å²) in [5, 5.41) is 0. The molecular formula is C29H40N3O2+. The summed E-state index contributed by atoms with van der Waals surface area (Å²) < 4.78 is 6.04. The Bertz CT molecular complexity index is 1130. The zero-order valence-corrected chi connectivity index (χ0v) is 21.0. The van der Waals surface area contributed by atoms with Gasteiger partial charge in [0, 0.05) is 23.0 Å². The fourth-order valence-electron chi connectivity index (χ4n) is 8.06. The third-order valence-electron chi connectivity index (χ3n) is 9.32. The zero-order chi connectivity index (χ0) is 23.4. The van der Waals surface area contributed by atoms with E-state index in [1.807, 2.05) is 0 Å². The van der Waals surface area contributed by atoms with Crippen LogP contribution in [-0.2, 0) is 23.1 Å². The van der Waals surface area contributed by atoms with Gasteiger partial charge in [-0.1, -0.05) is 43.5 Å². The average molecular weight is 463 g/mol. The summed E-state index contributed by atoms with van der Waals surface area (Å²) in [5.41, 5.74) is 4.92. The molecule has 0 bridgehead atoms. The molecule has 34 heavy (non-hydrogen) atoms. The second-order valence-corrected chi connectivity index (χ2v) is 12.4. The van der Waals surface area contributed by atoms with Crippen molar-refractivity contribution < 1.29 is 9.64 Å². The van der Waals surface area contributed by atoms with Crippen molar-refractivity contribution in [2.24, 2.45) is 5.41 Å². The Labute approximate surface area is 203 Å². The van der Waals surface area contributed by atoms with E-state index in [9.17, 15) is 4.79 Å². The molecule has 6 rings (SSSR count). The van der Waals surface area contributed by atoms with Gasteiger partial charge < -0.3 is 14.6 Å². The van der Waals surface area contributed by atoms with E-state index in [1.165, 1.54) is 43.2 Å². The van der Waals surface area contributed by atoms with Crippen molar-refractivity contribution in [1.82, 2.24) is 9.97 Å². The number of ether oxygens (including phenoxy) is 1. The number of hydrogen-bond donors (Lipinski definition) is 2. The van der Waals surface area contributed by atoms with Crippen LogP contribution >= 0.6 is 0 Å². The molecule has 2 atom stereocenters. The molecule has 0 radical (unpaired) electrons. The number of hydrogen-bond acceptors (Lipinski definition) is 3. The first kappa shape index (κ1) is 22.5. The number of benzene rings is 1. The summed E-state index contributed by atoms with van der Waals surface area (Å²) in [7, 11) is 0. The van der Waals surface area contributed by atoms with Crippen LogP contribution in [0.5, 0.6) is 0 Å². The summed E-state index contributed by atoms with van der Waals surface area (Å²) in [5.74, 6) is 0.866. The lowest BCUT2D eigenvalue weighted by Gasteiger charge is -2.48. The first-order valence-electron chi connectivity index (χ1n) is 13.6. The van der Waals surface area contributed by atoms with Crippen LogP contribution in [0, 0.1) is 5.41 Å². The highest BCUT2D eigenvalue weighted by Gasteiger charge is 2.46. The lowest BCUT2D eigenvalue weighted by atomic mass is 9.62. The number of aromatic nitrogens is 2. The number of nitrogens with one attached hydrogen (secondary N) is 2. The van der Waals surface area contributed by atoms with E-state index in [0.29, 0.717) is 5.41 Å². The van der Waals surface area contributed by atoms with Gasteiger partial charge in [0.05, 0.1) is 29.9 Å². The monoisotopic (exact) mass is 462 g/mol. The molecule has 0 amide bonds. The molecule has 5 heteroatoms. The van der Waals surface area contributed by atoms with Crippen molar-refractivity contribution in [3.63, 3.8) is 0 Å². The lowest BCUT2D eigenvalue weighted by Crippen LogP contribution is -3.13. The van der Waals surface area contributed by atoms with Crippen molar-refractivity contribution in [2.45, 2.75) is 95.6 Å². The van der Waals surface area contributed by atoms with Crippen molar-refractivity contribution in [2.75, 3.05) is 19.7 Å². The summed E-state index contributed by atoms with van der Waals surface area (Å²) in [6, 6.07) is 8.66. The number of nitrogens with zero attached hydrogens (tertiary/aromatic N) is 1. The highest BCUT2D eigenvalue weighted by Crippen LogP contribution is 2.48. The second-order valence-electron chi connectivity index (χ2n) is 12.4. The van der Waals surface area contributed by atoms with E-state index in [-0.39, 0.29) is 16.6 Å². The predicted molar refractivity (Wildman–Crippen MR) is 134 cm³/mol. The predicted octanol–water partition coefficient (Wildman–Crippen LogP) is 3.95. The van der Waals surface area contributed by atoms with Gasteiger partial charge in [-0.05, 0) is 64.4 Å². The number of quaternary nitrogens is 1. The number of aromatic amines is 1. The summed E-state index contributed by atoms with van der Waals surface area (Å²) in [6.45, 7) is 8.46. The standard InChI is InChI=1S/C29H39N3O2/c1-27(2)19-28(14-16-34-27)11-8-15-32(20-28)18-23-30-25-22-10-5-4-9-21(22)17-29(12-6-3-7-13-29)24(25)26(33)31-23/h4-5,9-10H,3,6-8,11-20H2,1-2H3,(H,30,31,33)/p+1/t28-/m0/s1.